The number of para-hydroxylation sites is 1. The van der Waals surface area contributed by atoms with Crippen molar-refractivity contribution in [2.45, 2.75) is 39.2 Å². The van der Waals surface area contributed by atoms with Gasteiger partial charge >= 0.3 is 0 Å². The molecule has 20 heavy (non-hydrogen) atoms. The van der Waals surface area contributed by atoms with E-state index in [2.05, 4.69) is 36.3 Å². The van der Waals surface area contributed by atoms with E-state index in [1.165, 1.54) is 6.42 Å². The lowest BCUT2D eigenvalue weighted by atomic mass is 10.2. The molecule has 0 aliphatic carbocycles. The molecule has 2 aromatic rings. The van der Waals surface area contributed by atoms with Crippen LogP contribution in [-0.2, 0) is 0 Å². The van der Waals surface area contributed by atoms with E-state index < -0.39 is 0 Å². The summed E-state index contributed by atoms with van der Waals surface area (Å²) in [6.45, 7) is 6.48. The minimum Gasteiger partial charge on any atom is -0.488 e. The van der Waals surface area contributed by atoms with Gasteiger partial charge in [0.2, 0.25) is 0 Å². The summed E-state index contributed by atoms with van der Waals surface area (Å²) in [5, 5.41) is 4.54. The molecule has 108 valence electrons. The van der Waals surface area contributed by atoms with Crippen LogP contribution in [0.3, 0.4) is 0 Å². The van der Waals surface area contributed by atoms with Crippen molar-refractivity contribution >= 4 is 10.9 Å². The molecule has 0 saturated carbocycles. The van der Waals surface area contributed by atoms with Gasteiger partial charge in [-0.25, -0.2) is 0 Å². The Labute approximate surface area is 121 Å². The first-order valence-electron chi connectivity index (χ1n) is 7.52. The average molecular weight is 272 g/mol. The quantitative estimate of drug-likeness (QED) is 0.743. The van der Waals surface area contributed by atoms with Gasteiger partial charge in [0, 0.05) is 11.6 Å². The van der Waals surface area contributed by atoms with E-state index in [0.717, 1.165) is 42.6 Å². The first-order valence-corrected chi connectivity index (χ1v) is 7.52. The van der Waals surface area contributed by atoms with Crippen molar-refractivity contribution in [1.82, 2.24) is 10.3 Å². The molecule has 0 spiro atoms. The van der Waals surface area contributed by atoms with Crippen molar-refractivity contribution < 1.29 is 4.74 Å². The topological polar surface area (TPSA) is 34.1 Å². The zero-order valence-corrected chi connectivity index (χ0v) is 12.4. The van der Waals surface area contributed by atoms with Gasteiger partial charge in [0.15, 0.2) is 0 Å². The number of ether oxygens (including phenoxy) is 1. The zero-order valence-electron chi connectivity index (χ0n) is 12.4. The maximum absolute atomic E-state index is 6.04. The first-order chi connectivity index (χ1) is 9.81. The standard InChI is InChI=1S/C17H24N2O/c1-3-11-18-12-5-7-14(2)20-16-10-4-8-15-9-6-13-19-17(15)16/h4,6,8-10,13-14,18H,3,5,7,11-12H2,1-2H3. The highest BCUT2D eigenvalue weighted by Crippen LogP contribution is 2.24. The summed E-state index contributed by atoms with van der Waals surface area (Å²) in [6.07, 6.45) is 5.41. The summed E-state index contributed by atoms with van der Waals surface area (Å²) in [7, 11) is 0. The molecule has 0 aliphatic rings. The molecule has 2 rings (SSSR count). The number of pyridine rings is 1. The molecule has 0 aliphatic heterocycles. The second-order valence-electron chi connectivity index (χ2n) is 5.15. The Morgan fingerprint density at radius 3 is 2.90 bits per heavy atom. The van der Waals surface area contributed by atoms with Crippen LogP contribution in [-0.4, -0.2) is 24.2 Å². The SMILES string of the molecule is CCCNCCCC(C)Oc1cccc2cccnc12. The molecular weight excluding hydrogens is 248 g/mol. The Morgan fingerprint density at radius 2 is 2.05 bits per heavy atom. The Balaban J connectivity index is 1.88. The number of nitrogens with one attached hydrogen (secondary N) is 1. The fourth-order valence-electron chi connectivity index (χ4n) is 2.26. The number of rotatable bonds is 8. The Kier molecular flexibility index (Phi) is 5.81. The Bertz CT molecular complexity index is 522. The largest absolute Gasteiger partial charge is 0.488 e. The normalized spacial score (nSPS) is 12.5. The second kappa shape index (κ2) is 7.85. The van der Waals surface area contributed by atoms with Crippen LogP contribution < -0.4 is 10.1 Å². The van der Waals surface area contributed by atoms with Crippen LogP contribution in [0.15, 0.2) is 36.5 Å². The van der Waals surface area contributed by atoms with Gasteiger partial charge in [-0.3, -0.25) is 4.98 Å². The van der Waals surface area contributed by atoms with Crippen molar-refractivity contribution in [3.63, 3.8) is 0 Å². The van der Waals surface area contributed by atoms with Crippen LogP contribution in [0.4, 0.5) is 0 Å². The van der Waals surface area contributed by atoms with E-state index in [1.54, 1.807) is 0 Å². The minimum atomic E-state index is 0.214. The van der Waals surface area contributed by atoms with E-state index >= 15 is 0 Å². The first kappa shape index (κ1) is 14.8. The highest BCUT2D eigenvalue weighted by molar-refractivity contribution is 5.84. The molecule has 0 fully saturated rings. The fraction of sp³-hybridized carbons (Fsp3) is 0.471. The van der Waals surface area contributed by atoms with Gasteiger partial charge in [-0.15, -0.1) is 0 Å². The number of fused-ring (bicyclic) bond motifs is 1. The van der Waals surface area contributed by atoms with Gasteiger partial charge in [0.05, 0.1) is 6.10 Å². The van der Waals surface area contributed by atoms with E-state index in [4.69, 9.17) is 4.74 Å². The molecule has 1 unspecified atom stereocenters. The highest BCUT2D eigenvalue weighted by atomic mass is 16.5. The fourth-order valence-corrected chi connectivity index (χ4v) is 2.26. The maximum atomic E-state index is 6.04. The summed E-state index contributed by atoms with van der Waals surface area (Å²) in [5.74, 6) is 0.886. The predicted molar refractivity (Wildman–Crippen MR) is 84.2 cm³/mol. The second-order valence-corrected chi connectivity index (χ2v) is 5.15. The Morgan fingerprint density at radius 1 is 1.20 bits per heavy atom. The van der Waals surface area contributed by atoms with Crippen LogP contribution in [0, 0.1) is 0 Å². The van der Waals surface area contributed by atoms with Crippen LogP contribution in [0.25, 0.3) is 10.9 Å². The lowest BCUT2D eigenvalue weighted by Gasteiger charge is -2.16. The van der Waals surface area contributed by atoms with Gasteiger partial charge in [0.1, 0.15) is 11.3 Å². The van der Waals surface area contributed by atoms with Gasteiger partial charge in [-0.1, -0.05) is 25.1 Å². The molecular formula is C17H24N2O. The lowest BCUT2D eigenvalue weighted by Crippen LogP contribution is -2.19. The van der Waals surface area contributed by atoms with E-state index in [9.17, 15) is 0 Å². The monoisotopic (exact) mass is 272 g/mol. The summed E-state index contributed by atoms with van der Waals surface area (Å²) in [4.78, 5) is 4.42. The van der Waals surface area contributed by atoms with Crippen molar-refractivity contribution in [2.24, 2.45) is 0 Å². The summed E-state index contributed by atoms with van der Waals surface area (Å²) in [6, 6.07) is 10.1. The molecule has 1 heterocycles. The number of benzene rings is 1. The van der Waals surface area contributed by atoms with Crippen LogP contribution in [0.1, 0.15) is 33.1 Å². The van der Waals surface area contributed by atoms with Crippen LogP contribution in [0.5, 0.6) is 5.75 Å². The molecule has 0 bridgehead atoms. The number of aromatic nitrogens is 1. The third-order valence-electron chi connectivity index (χ3n) is 3.31. The highest BCUT2D eigenvalue weighted by Gasteiger charge is 2.07. The maximum Gasteiger partial charge on any atom is 0.145 e. The average Bonchev–Trinajstić information content (AvgIpc) is 2.47. The molecule has 0 amide bonds. The summed E-state index contributed by atoms with van der Waals surface area (Å²) >= 11 is 0. The van der Waals surface area contributed by atoms with Gasteiger partial charge < -0.3 is 10.1 Å². The third-order valence-corrected chi connectivity index (χ3v) is 3.31. The van der Waals surface area contributed by atoms with Crippen molar-refractivity contribution in [3.8, 4) is 5.75 Å². The van der Waals surface area contributed by atoms with Crippen molar-refractivity contribution in [1.29, 1.82) is 0 Å². The molecule has 3 nitrogen and oxygen atoms in total. The molecule has 1 aromatic heterocycles. The van der Waals surface area contributed by atoms with Gasteiger partial charge in [-0.2, -0.15) is 0 Å². The van der Waals surface area contributed by atoms with Crippen molar-refractivity contribution in [3.05, 3.63) is 36.5 Å². The molecule has 0 saturated heterocycles. The van der Waals surface area contributed by atoms with E-state index in [-0.39, 0.29) is 6.10 Å². The van der Waals surface area contributed by atoms with Gasteiger partial charge in [-0.05, 0) is 51.4 Å². The summed E-state index contributed by atoms with van der Waals surface area (Å²) < 4.78 is 6.04. The molecule has 0 radical (unpaired) electrons. The molecule has 3 heteroatoms. The summed E-state index contributed by atoms with van der Waals surface area (Å²) in [5.41, 5.74) is 0.950. The smallest absolute Gasteiger partial charge is 0.145 e. The molecule has 1 atom stereocenters. The van der Waals surface area contributed by atoms with Gasteiger partial charge in [0.25, 0.3) is 0 Å². The Hall–Kier alpha value is -1.61. The van der Waals surface area contributed by atoms with Crippen LogP contribution >= 0.6 is 0 Å². The predicted octanol–water partition coefficient (Wildman–Crippen LogP) is 3.78. The van der Waals surface area contributed by atoms with Crippen molar-refractivity contribution in [2.75, 3.05) is 13.1 Å². The lowest BCUT2D eigenvalue weighted by molar-refractivity contribution is 0.210. The van der Waals surface area contributed by atoms with Crippen LogP contribution in [0.2, 0.25) is 0 Å². The zero-order chi connectivity index (χ0) is 14.2. The number of nitrogens with zero attached hydrogens (tertiary/aromatic N) is 1. The van der Waals surface area contributed by atoms with E-state index in [0.29, 0.717) is 0 Å². The minimum absolute atomic E-state index is 0.214. The van der Waals surface area contributed by atoms with E-state index in [1.807, 2.05) is 24.4 Å². The number of hydrogen-bond donors (Lipinski definition) is 1. The third kappa shape index (κ3) is 4.20. The molecule has 1 N–H and O–H groups in total. The molecule has 1 aromatic carbocycles. The number of hydrogen-bond acceptors (Lipinski definition) is 3.